The fourth-order valence-electron chi connectivity index (χ4n) is 0.0430. The third-order valence-electron chi connectivity index (χ3n) is 0.344. The van der Waals surface area contributed by atoms with E-state index in [1.54, 1.807) is 0 Å². The van der Waals surface area contributed by atoms with Gasteiger partial charge in [-0.3, -0.25) is 0 Å². The molecule has 6 heavy (non-hydrogen) atoms. The third kappa shape index (κ3) is 2.63. The largest absolute Gasteiger partial charge is 0.387 e. The summed E-state index contributed by atoms with van der Waals surface area (Å²) in [4.78, 5) is 0. The summed E-state index contributed by atoms with van der Waals surface area (Å²) in [6.45, 7) is 0. The van der Waals surface area contributed by atoms with Crippen LogP contribution in [0.2, 0.25) is 0 Å². The van der Waals surface area contributed by atoms with Gasteiger partial charge in [-0.05, 0) is 0 Å². The first-order valence-electron chi connectivity index (χ1n) is 1.55. The van der Waals surface area contributed by atoms with E-state index in [4.69, 9.17) is 5.11 Å². The number of aliphatic hydroxyl groups is 1. The molecule has 0 aliphatic carbocycles. The Morgan fingerprint density at radius 3 is 2.50 bits per heavy atom. The van der Waals surface area contributed by atoms with Crippen molar-refractivity contribution < 1.29 is 5.11 Å². The van der Waals surface area contributed by atoms with Gasteiger partial charge in [0.2, 0.25) is 0 Å². The summed E-state index contributed by atoms with van der Waals surface area (Å²) < 4.78 is 0. The molecule has 0 aliphatic rings. The molecule has 0 aromatic rings. The number of hydrogen-bond donors (Lipinski definition) is 2. The zero-order valence-electron chi connectivity index (χ0n) is 3.16. The number of thiocarbonyl (C=S) groups is 1. The minimum atomic E-state index is -0.511. The Labute approximate surface area is 47.8 Å². The molecule has 0 saturated carbocycles. The molecule has 0 fully saturated rings. The molecule has 0 radical (unpaired) electrons. The molecule has 1 nitrogen and oxygen atoms in total. The summed E-state index contributed by atoms with van der Waals surface area (Å²) in [5, 5.41) is 9.72. The van der Waals surface area contributed by atoms with E-state index in [1.807, 2.05) is 0 Å². The molecule has 0 spiro atoms. The summed E-state index contributed by atoms with van der Waals surface area (Å²) in [5.74, 6) is 0.420. The van der Waals surface area contributed by atoms with Crippen LogP contribution in [0.5, 0.6) is 0 Å². The smallest absolute Gasteiger partial charge is 0.0910 e. The van der Waals surface area contributed by atoms with Gasteiger partial charge < -0.3 is 5.11 Å². The summed E-state index contributed by atoms with van der Waals surface area (Å²) in [5.41, 5.74) is 0. The molecule has 36 valence electrons. The molecule has 0 aromatic carbocycles. The second-order valence-electron chi connectivity index (χ2n) is 0.886. The molecule has 1 N–H and O–H groups in total. The molecular formula is C3H6OS2. The first-order valence-corrected chi connectivity index (χ1v) is 2.66. The maximum atomic E-state index is 8.43. The maximum absolute atomic E-state index is 8.43. The van der Waals surface area contributed by atoms with E-state index in [2.05, 4.69) is 24.8 Å². The average molecular weight is 122 g/mol. The second-order valence-corrected chi connectivity index (χ2v) is 1.52. The molecule has 0 aliphatic heterocycles. The van der Waals surface area contributed by atoms with Crippen LogP contribution >= 0.6 is 24.8 Å². The minimum Gasteiger partial charge on any atom is -0.387 e. The van der Waals surface area contributed by atoms with Crippen molar-refractivity contribution in [3.63, 3.8) is 0 Å². The molecule has 0 heterocycles. The average Bonchev–Trinajstić information content (AvgIpc) is 1.65. The topological polar surface area (TPSA) is 20.2 Å². The highest BCUT2D eigenvalue weighted by molar-refractivity contribution is 7.81. The summed E-state index contributed by atoms with van der Waals surface area (Å²) >= 11 is 8.10. The van der Waals surface area contributed by atoms with Crippen LogP contribution in [0.3, 0.4) is 0 Å². The molecule has 1 unspecified atom stereocenters. The van der Waals surface area contributed by atoms with Crippen molar-refractivity contribution in [1.82, 2.24) is 0 Å². The van der Waals surface area contributed by atoms with Crippen molar-refractivity contribution >= 4 is 30.2 Å². The van der Waals surface area contributed by atoms with Crippen LogP contribution in [0.1, 0.15) is 0 Å². The summed E-state index contributed by atoms with van der Waals surface area (Å²) in [6.07, 6.45) is -0.511. The Balaban J connectivity index is 2.96. The quantitative estimate of drug-likeness (QED) is 0.405. The van der Waals surface area contributed by atoms with Gasteiger partial charge >= 0.3 is 0 Å². The van der Waals surface area contributed by atoms with Gasteiger partial charge in [0.05, 0.1) is 6.10 Å². The first-order chi connectivity index (χ1) is 2.81. The van der Waals surface area contributed by atoms with Gasteiger partial charge in [-0.25, -0.2) is 0 Å². The molecule has 0 rings (SSSR count). The van der Waals surface area contributed by atoms with Crippen LogP contribution in [0, 0.1) is 0 Å². The standard InChI is InChI=1S/C3H6OS2/c4-3(1-5)2-6/h1,3-4,6H,2H2. The molecular weight excluding hydrogens is 116 g/mol. The Kier molecular flexibility index (Phi) is 3.82. The monoisotopic (exact) mass is 122 g/mol. The van der Waals surface area contributed by atoms with Gasteiger partial charge in [-0.1, -0.05) is 12.2 Å². The Morgan fingerprint density at radius 1 is 2.00 bits per heavy atom. The normalized spacial score (nSPS) is 13.7. The second kappa shape index (κ2) is 3.59. The van der Waals surface area contributed by atoms with E-state index >= 15 is 0 Å². The molecule has 0 amide bonds. The van der Waals surface area contributed by atoms with Crippen LogP contribution in [0.25, 0.3) is 0 Å². The predicted molar refractivity (Wildman–Crippen MR) is 33.5 cm³/mol. The van der Waals surface area contributed by atoms with Crippen molar-refractivity contribution in [3.05, 3.63) is 0 Å². The minimum absolute atomic E-state index is 0.420. The van der Waals surface area contributed by atoms with Crippen LogP contribution in [0.15, 0.2) is 0 Å². The van der Waals surface area contributed by atoms with Crippen LogP contribution < -0.4 is 0 Å². The van der Waals surface area contributed by atoms with E-state index < -0.39 is 6.10 Å². The van der Waals surface area contributed by atoms with Crippen LogP contribution in [0.4, 0.5) is 0 Å². The summed E-state index contributed by atoms with van der Waals surface area (Å²) in [6, 6.07) is 0. The Bertz CT molecular complexity index is 46.1. The lowest BCUT2D eigenvalue weighted by Gasteiger charge is -1.91. The fourth-order valence-corrected chi connectivity index (χ4v) is 0.387. The fraction of sp³-hybridized carbons (Fsp3) is 0.667. The summed E-state index contributed by atoms with van der Waals surface area (Å²) in [7, 11) is 0. The van der Waals surface area contributed by atoms with E-state index in [9.17, 15) is 0 Å². The highest BCUT2D eigenvalue weighted by Gasteiger charge is 1.88. The van der Waals surface area contributed by atoms with Crippen LogP contribution in [-0.2, 0) is 0 Å². The van der Waals surface area contributed by atoms with Gasteiger partial charge in [0.15, 0.2) is 0 Å². The molecule has 3 heteroatoms. The van der Waals surface area contributed by atoms with Crippen LogP contribution in [-0.4, -0.2) is 22.3 Å². The van der Waals surface area contributed by atoms with Gasteiger partial charge in [-0.2, -0.15) is 12.6 Å². The third-order valence-corrected chi connectivity index (χ3v) is 1.03. The first kappa shape index (κ1) is 6.40. The zero-order valence-corrected chi connectivity index (χ0v) is 4.88. The lowest BCUT2D eigenvalue weighted by atomic mass is 10.5. The van der Waals surface area contributed by atoms with Crippen molar-refractivity contribution in [2.45, 2.75) is 6.10 Å². The van der Waals surface area contributed by atoms with Gasteiger partial charge in [-0.15, -0.1) is 0 Å². The van der Waals surface area contributed by atoms with Crippen molar-refractivity contribution in [2.24, 2.45) is 0 Å². The lowest BCUT2D eigenvalue weighted by Crippen LogP contribution is -2.06. The van der Waals surface area contributed by atoms with Gasteiger partial charge in [0.1, 0.15) is 0 Å². The van der Waals surface area contributed by atoms with Gasteiger partial charge in [0.25, 0.3) is 0 Å². The number of thiol groups is 1. The van der Waals surface area contributed by atoms with E-state index in [1.165, 1.54) is 5.37 Å². The molecule has 0 bridgehead atoms. The SMILES string of the molecule is OC(C=S)CS. The Hall–Kier alpha value is 0.400. The molecule has 1 atom stereocenters. The van der Waals surface area contributed by atoms with E-state index in [0.717, 1.165) is 0 Å². The predicted octanol–water partition coefficient (Wildman–Crippen LogP) is 0.277. The van der Waals surface area contributed by atoms with Gasteiger partial charge in [0, 0.05) is 11.1 Å². The molecule has 0 aromatic heterocycles. The van der Waals surface area contributed by atoms with E-state index in [0.29, 0.717) is 5.75 Å². The number of aliphatic hydroxyl groups excluding tert-OH is 1. The highest BCUT2D eigenvalue weighted by atomic mass is 32.1. The van der Waals surface area contributed by atoms with Crippen molar-refractivity contribution in [3.8, 4) is 0 Å². The maximum Gasteiger partial charge on any atom is 0.0910 e. The number of hydrogen-bond acceptors (Lipinski definition) is 3. The zero-order chi connectivity index (χ0) is 4.99. The van der Waals surface area contributed by atoms with E-state index in [-0.39, 0.29) is 0 Å². The number of rotatable bonds is 2. The molecule has 0 saturated heterocycles. The highest BCUT2D eigenvalue weighted by Crippen LogP contribution is 1.79. The Morgan fingerprint density at radius 2 is 2.50 bits per heavy atom. The van der Waals surface area contributed by atoms with Crippen molar-refractivity contribution in [2.75, 3.05) is 5.75 Å². The van der Waals surface area contributed by atoms with Crippen molar-refractivity contribution in [1.29, 1.82) is 0 Å². The lowest BCUT2D eigenvalue weighted by molar-refractivity contribution is 0.274.